The van der Waals surface area contributed by atoms with E-state index < -0.39 is 0 Å². The molecule has 170 valence electrons. The summed E-state index contributed by atoms with van der Waals surface area (Å²) >= 11 is 2.95. The Balaban J connectivity index is 1.29. The summed E-state index contributed by atoms with van der Waals surface area (Å²) in [6.45, 7) is 3.89. The summed E-state index contributed by atoms with van der Waals surface area (Å²) in [6.07, 6.45) is 6.00. The largest absolute Gasteiger partial charge is 0.486 e. The number of hydrogen-bond acceptors (Lipinski definition) is 7. The van der Waals surface area contributed by atoms with E-state index >= 15 is 0 Å². The number of nitrogens with one attached hydrogen (secondary N) is 1. The Hall–Kier alpha value is -2.96. The molecule has 1 aromatic carbocycles. The van der Waals surface area contributed by atoms with Crippen molar-refractivity contribution in [3.63, 3.8) is 0 Å². The minimum atomic E-state index is -0.123. The number of carbonyl (C=O) groups is 1. The Morgan fingerprint density at radius 1 is 1.27 bits per heavy atom. The number of thioether (sulfide) groups is 1. The van der Waals surface area contributed by atoms with Gasteiger partial charge >= 0.3 is 0 Å². The molecule has 0 bridgehead atoms. The van der Waals surface area contributed by atoms with Crippen LogP contribution in [0.1, 0.15) is 35.8 Å². The van der Waals surface area contributed by atoms with Gasteiger partial charge in [0.25, 0.3) is 0 Å². The van der Waals surface area contributed by atoms with Gasteiger partial charge in [0.1, 0.15) is 24.3 Å². The smallest absolute Gasteiger partial charge is 0.235 e. The minimum absolute atomic E-state index is 0.123. The number of rotatable bonds is 6. The zero-order chi connectivity index (χ0) is 22.8. The number of fused-ring (bicyclic) bond motifs is 2. The maximum absolute atomic E-state index is 12.7. The van der Waals surface area contributed by atoms with Crippen LogP contribution in [0.3, 0.4) is 0 Å². The van der Waals surface area contributed by atoms with Crippen LogP contribution in [0.25, 0.3) is 11.3 Å². The standard InChI is InChI=1S/C24H24N4O3S2/c1-2-28-18(15-7-8-19-20(11-15)31-10-9-30-19)13-26-24(28)32-14-22(29)27-23-17(12-25)16-5-3-4-6-21(16)33-23/h7-8,11,13H,2-6,9-10,14H2,1H3,(H,27,29). The summed E-state index contributed by atoms with van der Waals surface area (Å²) < 4.78 is 13.4. The number of nitrogens with zero attached hydrogens (tertiary/aromatic N) is 3. The first kappa shape index (κ1) is 21.9. The third kappa shape index (κ3) is 4.33. The molecule has 3 aromatic rings. The zero-order valence-electron chi connectivity index (χ0n) is 18.3. The van der Waals surface area contributed by atoms with Crippen LogP contribution in [0.2, 0.25) is 0 Å². The SMILES string of the molecule is CCn1c(-c2ccc3c(c2)OCCO3)cnc1SCC(=O)Nc1sc2c(c1C#N)CCCC2. The first-order chi connectivity index (χ1) is 16.2. The van der Waals surface area contributed by atoms with Gasteiger partial charge < -0.3 is 19.4 Å². The van der Waals surface area contributed by atoms with Gasteiger partial charge in [-0.1, -0.05) is 11.8 Å². The summed E-state index contributed by atoms with van der Waals surface area (Å²) in [4.78, 5) is 18.5. The van der Waals surface area contributed by atoms with Crippen molar-refractivity contribution in [2.45, 2.75) is 44.3 Å². The van der Waals surface area contributed by atoms with E-state index in [0.29, 0.717) is 23.8 Å². The Morgan fingerprint density at radius 2 is 2.09 bits per heavy atom. The second-order valence-corrected chi connectivity index (χ2v) is 9.94. The number of thiophene rings is 1. The molecule has 0 spiro atoms. The molecular formula is C24H24N4O3S2. The fraction of sp³-hybridized carbons (Fsp3) is 0.375. The molecule has 0 atom stereocenters. The average molecular weight is 481 g/mol. The highest BCUT2D eigenvalue weighted by Gasteiger charge is 2.22. The van der Waals surface area contributed by atoms with Gasteiger partial charge in [0.05, 0.1) is 23.2 Å². The van der Waals surface area contributed by atoms with E-state index in [2.05, 4.69) is 27.9 Å². The molecule has 2 aromatic heterocycles. The number of aryl methyl sites for hydroxylation is 1. The van der Waals surface area contributed by atoms with Crippen molar-refractivity contribution in [2.75, 3.05) is 24.3 Å². The molecule has 7 nitrogen and oxygen atoms in total. The molecule has 0 saturated heterocycles. The topological polar surface area (TPSA) is 89.2 Å². The highest BCUT2D eigenvalue weighted by molar-refractivity contribution is 7.99. The molecule has 1 N–H and O–H groups in total. The van der Waals surface area contributed by atoms with Crippen LogP contribution in [0, 0.1) is 11.3 Å². The lowest BCUT2D eigenvalue weighted by Gasteiger charge is -2.19. The summed E-state index contributed by atoms with van der Waals surface area (Å²) in [6, 6.07) is 8.19. The average Bonchev–Trinajstić information content (AvgIpc) is 3.42. The van der Waals surface area contributed by atoms with Gasteiger partial charge in [-0.2, -0.15) is 5.26 Å². The van der Waals surface area contributed by atoms with Crippen LogP contribution < -0.4 is 14.8 Å². The molecule has 0 saturated carbocycles. The number of benzene rings is 1. The molecular weight excluding hydrogens is 456 g/mol. The van der Waals surface area contributed by atoms with E-state index in [1.54, 1.807) is 11.3 Å². The van der Waals surface area contributed by atoms with Crippen LogP contribution in [0.15, 0.2) is 29.6 Å². The lowest BCUT2D eigenvalue weighted by atomic mass is 9.96. The van der Waals surface area contributed by atoms with Gasteiger partial charge in [0.15, 0.2) is 16.7 Å². The van der Waals surface area contributed by atoms with Crippen molar-refractivity contribution in [2.24, 2.45) is 0 Å². The van der Waals surface area contributed by atoms with E-state index in [1.807, 2.05) is 24.4 Å². The third-order valence-electron chi connectivity index (χ3n) is 5.84. The van der Waals surface area contributed by atoms with Crippen molar-refractivity contribution in [1.29, 1.82) is 5.26 Å². The van der Waals surface area contributed by atoms with Crippen molar-refractivity contribution in [3.05, 3.63) is 40.4 Å². The molecule has 1 aliphatic heterocycles. The van der Waals surface area contributed by atoms with E-state index in [-0.39, 0.29) is 11.7 Å². The highest BCUT2D eigenvalue weighted by Crippen LogP contribution is 2.38. The van der Waals surface area contributed by atoms with Gasteiger partial charge in [0.2, 0.25) is 5.91 Å². The van der Waals surface area contributed by atoms with Crippen LogP contribution in [-0.4, -0.2) is 34.4 Å². The van der Waals surface area contributed by atoms with E-state index in [9.17, 15) is 10.1 Å². The van der Waals surface area contributed by atoms with Crippen molar-refractivity contribution in [1.82, 2.24) is 9.55 Å². The number of carbonyl (C=O) groups excluding carboxylic acids is 1. The number of anilines is 1. The van der Waals surface area contributed by atoms with Crippen LogP contribution in [0.5, 0.6) is 11.5 Å². The molecule has 9 heteroatoms. The van der Waals surface area contributed by atoms with Crippen molar-refractivity contribution >= 4 is 34.0 Å². The molecule has 2 aliphatic rings. The normalized spacial score (nSPS) is 14.4. The fourth-order valence-corrected chi connectivity index (χ4v) is 6.38. The van der Waals surface area contributed by atoms with Gasteiger partial charge in [0, 0.05) is 17.0 Å². The molecule has 0 unspecified atom stereocenters. The number of hydrogen-bond donors (Lipinski definition) is 1. The predicted octanol–water partition coefficient (Wildman–Crippen LogP) is 4.88. The second kappa shape index (κ2) is 9.49. The maximum atomic E-state index is 12.7. The van der Waals surface area contributed by atoms with Gasteiger partial charge in [-0.3, -0.25) is 4.79 Å². The quantitative estimate of drug-likeness (QED) is 0.506. The number of imidazole rings is 1. The molecule has 33 heavy (non-hydrogen) atoms. The fourth-order valence-electron chi connectivity index (χ4n) is 4.28. The summed E-state index contributed by atoms with van der Waals surface area (Å²) in [5.74, 6) is 1.60. The minimum Gasteiger partial charge on any atom is -0.486 e. The Bertz CT molecular complexity index is 1240. The van der Waals surface area contributed by atoms with E-state index in [4.69, 9.17) is 9.47 Å². The van der Waals surface area contributed by atoms with Crippen LogP contribution in [0.4, 0.5) is 5.00 Å². The second-order valence-electron chi connectivity index (χ2n) is 7.89. The van der Waals surface area contributed by atoms with Crippen molar-refractivity contribution < 1.29 is 14.3 Å². The Morgan fingerprint density at radius 3 is 2.91 bits per heavy atom. The summed E-state index contributed by atoms with van der Waals surface area (Å²) in [5.41, 5.74) is 3.73. The molecule has 1 aliphatic carbocycles. The molecule has 5 rings (SSSR count). The lowest BCUT2D eigenvalue weighted by Crippen LogP contribution is -2.15. The number of ether oxygens (including phenoxy) is 2. The maximum Gasteiger partial charge on any atom is 0.235 e. The van der Waals surface area contributed by atoms with E-state index in [0.717, 1.165) is 65.7 Å². The number of amides is 1. The molecule has 1 amide bonds. The Kier molecular flexibility index (Phi) is 6.29. The number of nitriles is 1. The van der Waals surface area contributed by atoms with E-state index in [1.165, 1.54) is 16.6 Å². The monoisotopic (exact) mass is 480 g/mol. The number of aromatic nitrogens is 2. The molecule has 0 fully saturated rings. The highest BCUT2D eigenvalue weighted by atomic mass is 32.2. The van der Waals surface area contributed by atoms with Crippen LogP contribution >= 0.6 is 23.1 Å². The molecule has 0 radical (unpaired) electrons. The third-order valence-corrected chi connectivity index (χ3v) is 8.04. The van der Waals surface area contributed by atoms with Gasteiger partial charge in [-0.15, -0.1) is 11.3 Å². The van der Waals surface area contributed by atoms with Gasteiger partial charge in [-0.05, 0) is 56.4 Å². The van der Waals surface area contributed by atoms with Crippen molar-refractivity contribution in [3.8, 4) is 28.8 Å². The first-order valence-corrected chi connectivity index (χ1v) is 12.9. The van der Waals surface area contributed by atoms with Crippen LogP contribution in [-0.2, 0) is 24.2 Å². The summed E-state index contributed by atoms with van der Waals surface area (Å²) in [7, 11) is 0. The zero-order valence-corrected chi connectivity index (χ0v) is 20.0. The first-order valence-electron chi connectivity index (χ1n) is 11.1. The Labute approximate surface area is 200 Å². The summed E-state index contributed by atoms with van der Waals surface area (Å²) in [5, 5.41) is 14.0. The predicted molar refractivity (Wildman–Crippen MR) is 129 cm³/mol. The molecule has 3 heterocycles. The lowest BCUT2D eigenvalue weighted by molar-refractivity contribution is -0.113. The van der Waals surface area contributed by atoms with Gasteiger partial charge in [-0.25, -0.2) is 4.98 Å².